The normalized spacial score (nSPS) is 46.1. The quantitative estimate of drug-likeness (QED) is 0.837. The van der Waals surface area contributed by atoms with E-state index in [2.05, 4.69) is 17.6 Å². The van der Waals surface area contributed by atoms with Crippen molar-refractivity contribution in [3.8, 4) is 0 Å². The van der Waals surface area contributed by atoms with E-state index in [9.17, 15) is 4.79 Å². The van der Waals surface area contributed by atoms with Crippen LogP contribution in [0.3, 0.4) is 0 Å². The van der Waals surface area contributed by atoms with E-state index >= 15 is 0 Å². The largest absolute Gasteiger partial charge is 0.356 e. The van der Waals surface area contributed by atoms with Gasteiger partial charge in [-0.1, -0.05) is 0 Å². The van der Waals surface area contributed by atoms with Crippen LogP contribution in [0, 0.1) is 35.5 Å². The van der Waals surface area contributed by atoms with Crippen LogP contribution < -0.4 is 10.6 Å². The smallest absolute Gasteiger partial charge is 0.223 e. The number of hydrogen-bond acceptors (Lipinski definition) is 2. The first kappa shape index (κ1) is 16.6. The maximum atomic E-state index is 12.4. The molecule has 4 heteroatoms. The summed E-state index contributed by atoms with van der Waals surface area (Å²) in [5.74, 6) is 5.28. The van der Waals surface area contributed by atoms with Crippen molar-refractivity contribution in [3.05, 3.63) is 0 Å². The van der Waals surface area contributed by atoms with Crippen LogP contribution >= 0.6 is 12.4 Å². The molecule has 2 atom stereocenters. The number of halogens is 1. The number of carbonyl (C=O) groups excluding carboxylic acids is 1. The zero-order valence-electron chi connectivity index (χ0n) is 13.7. The molecule has 0 aromatic carbocycles. The molecule has 4 saturated carbocycles. The highest BCUT2D eigenvalue weighted by Crippen LogP contribution is 2.56. The van der Waals surface area contributed by atoms with Crippen LogP contribution in [0.2, 0.25) is 0 Å². The van der Waals surface area contributed by atoms with Crippen LogP contribution in [0.25, 0.3) is 0 Å². The fourth-order valence-corrected chi connectivity index (χ4v) is 6.10. The predicted molar refractivity (Wildman–Crippen MR) is 91.0 cm³/mol. The standard InChI is InChI=1S/C18H30N2O.ClH/c1-11-4-14(2-3-19-11)18(21)20-10-17-15-6-12-5-13(8-15)9-16(17)7-12;/h11-17,19H,2-10H2,1H3,(H,20,21);1H/t11-,12?,13?,14-,15?,16?,17?;/m0./s1. The fourth-order valence-electron chi connectivity index (χ4n) is 6.10. The summed E-state index contributed by atoms with van der Waals surface area (Å²) in [6.45, 7) is 4.15. The van der Waals surface area contributed by atoms with Gasteiger partial charge in [0.1, 0.15) is 0 Å². The SMILES string of the molecule is C[C@H]1C[C@@H](C(=O)NCC2C3CC4CC(C3)CC2C4)CCN1.Cl. The van der Waals surface area contributed by atoms with Crippen LogP contribution in [0.15, 0.2) is 0 Å². The van der Waals surface area contributed by atoms with Gasteiger partial charge in [0.15, 0.2) is 0 Å². The van der Waals surface area contributed by atoms with E-state index in [1.165, 1.54) is 32.1 Å². The lowest BCUT2D eigenvalue weighted by Crippen LogP contribution is -2.50. The highest BCUT2D eigenvalue weighted by atomic mass is 35.5. The Kier molecular flexibility index (Phi) is 5.04. The Bertz CT molecular complexity index is 386. The molecule has 2 N–H and O–H groups in total. The van der Waals surface area contributed by atoms with Crippen LogP contribution in [0.5, 0.6) is 0 Å². The van der Waals surface area contributed by atoms with Crippen LogP contribution in [-0.2, 0) is 4.79 Å². The van der Waals surface area contributed by atoms with Gasteiger partial charge >= 0.3 is 0 Å². The molecule has 22 heavy (non-hydrogen) atoms. The molecule has 1 saturated heterocycles. The maximum Gasteiger partial charge on any atom is 0.223 e. The number of carbonyl (C=O) groups is 1. The fraction of sp³-hybridized carbons (Fsp3) is 0.944. The molecule has 1 aliphatic heterocycles. The minimum Gasteiger partial charge on any atom is -0.356 e. The summed E-state index contributed by atoms with van der Waals surface area (Å²) in [6, 6.07) is 0.496. The lowest BCUT2D eigenvalue weighted by atomic mass is 9.52. The van der Waals surface area contributed by atoms with Gasteiger partial charge in [-0.2, -0.15) is 0 Å². The molecule has 0 spiro atoms. The second kappa shape index (κ2) is 6.68. The summed E-state index contributed by atoms with van der Waals surface area (Å²) >= 11 is 0. The van der Waals surface area contributed by atoms with Crippen molar-refractivity contribution < 1.29 is 4.79 Å². The summed E-state index contributed by atoms with van der Waals surface area (Å²) in [5.41, 5.74) is 0. The first-order valence-corrected chi connectivity index (χ1v) is 9.20. The number of nitrogens with one attached hydrogen (secondary N) is 2. The average molecular weight is 327 g/mol. The van der Waals surface area contributed by atoms with Gasteiger partial charge in [0.2, 0.25) is 5.91 Å². The summed E-state index contributed by atoms with van der Waals surface area (Å²) < 4.78 is 0. The van der Waals surface area contributed by atoms with Gasteiger partial charge in [-0.05, 0) is 88.0 Å². The maximum absolute atomic E-state index is 12.4. The second-order valence-electron chi connectivity index (χ2n) is 8.42. The highest BCUT2D eigenvalue weighted by molar-refractivity contribution is 5.85. The van der Waals surface area contributed by atoms with E-state index < -0.39 is 0 Å². The summed E-state index contributed by atoms with van der Waals surface area (Å²) in [7, 11) is 0. The first-order valence-electron chi connectivity index (χ1n) is 9.20. The molecule has 0 radical (unpaired) electrons. The summed E-state index contributed by atoms with van der Waals surface area (Å²) in [5, 5.41) is 6.77. The second-order valence-corrected chi connectivity index (χ2v) is 8.42. The van der Waals surface area contributed by atoms with Gasteiger partial charge in [0.05, 0.1) is 0 Å². The molecule has 126 valence electrons. The van der Waals surface area contributed by atoms with Crippen molar-refractivity contribution in [2.45, 2.75) is 57.9 Å². The van der Waals surface area contributed by atoms with Crippen molar-refractivity contribution in [2.75, 3.05) is 13.1 Å². The van der Waals surface area contributed by atoms with Crippen LogP contribution in [-0.4, -0.2) is 25.0 Å². The molecule has 4 aliphatic carbocycles. The van der Waals surface area contributed by atoms with Crippen molar-refractivity contribution in [2.24, 2.45) is 35.5 Å². The average Bonchev–Trinajstić information content (AvgIpc) is 2.45. The molecule has 0 aromatic heterocycles. The van der Waals surface area contributed by atoms with Crippen LogP contribution in [0.1, 0.15) is 51.9 Å². The predicted octanol–water partition coefficient (Wildman–Crippen LogP) is 2.98. The molecule has 0 aromatic rings. The molecule has 5 rings (SSSR count). The topological polar surface area (TPSA) is 41.1 Å². The van der Waals surface area contributed by atoms with Crippen molar-refractivity contribution in [1.82, 2.24) is 10.6 Å². The zero-order valence-corrected chi connectivity index (χ0v) is 14.5. The Labute approximate surface area is 140 Å². The van der Waals surface area contributed by atoms with Gasteiger partial charge in [0, 0.05) is 18.5 Å². The number of rotatable bonds is 3. The van der Waals surface area contributed by atoms with E-state index in [0.29, 0.717) is 11.9 Å². The van der Waals surface area contributed by atoms with Crippen molar-refractivity contribution in [3.63, 3.8) is 0 Å². The summed E-state index contributed by atoms with van der Waals surface area (Å²) in [4.78, 5) is 12.4. The zero-order chi connectivity index (χ0) is 14.4. The molecule has 1 amide bonds. The molecular weight excluding hydrogens is 296 g/mol. The molecule has 0 unspecified atom stereocenters. The van der Waals surface area contributed by atoms with E-state index in [0.717, 1.165) is 55.5 Å². The molecule has 5 aliphatic rings. The van der Waals surface area contributed by atoms with E-state index in [4.69, 9.17) is 0 Å². The first-order chi connectivity index (χ1) is 10.2. The minimum atomic E-state index is 0. The Morgan fingerprint density at radius 1 is 1.05 bits per heavy atom. The Morgan fingerprint density at radius 3 is 2.27 bits per heavy atom. The van der Waals surface area contributed by atoms with Gasteiger partial charge in [-0.15, -0.1) is 12.4 Å². The highest BCUT2D eigenvalue weighted by Gasteiger charge is 2.48. The number of amides is 1. The molecule has 3 nitrogen and oxygen atoms in total. The van der Waals surface area contributed by atoms with Gasteiger partial charge in [-0.3, -0.25) is 4.79 Å². The van der Waals surface area contributed by atoms with Crippen molar-refractivity contribution in [1.29, 1.82) is 0 Å². The lowest BCUT2D eigenvalue weighted by molar-refractivity contribution is -0.127. The third kappa shape index (κ3) is 3.17. The van der Waals surface area contributed by atoms with E-state index in [-0.39, 0.29) is 18.3 Å². The molecule has 4 bridgehead atoms. The van der Waals surface area contributed by atoms with E-state index in [1.54, 1.807) is 0 Å². The number of piperidine rings is 1. The summed E-state index contributed by atoms with van der Waals surface area (Å²) in [6.07, 6.45) is 9.36. The molecular formula is C18H31ClN2O. The minimum absolute atomic E-state index is 0. The Hall–Kier alpha value is -0.280. The lowest BCUT2D eigenvalue weighted by Gasteiger charge is -2.54. The number of hydrogen-bond donors (Lipinski definition) is 2. The van der Waals surface area contributed by atoms with Crippen LogP contribution in [0.4, 0.5) is 0 Å². The Morgan fingerprint density at radius 2 is 1.68 bits per heavy atom. The molecule has 5 fully saturated rings. The third-order valence-corrected chi connectivity index (χ3v) is 6.93. The van der Waals surface area contributed by atoms with Gasteiger partial charge < -0.3 is 10.6 Å². The molecule has 1 heterocycles. The Balaban J connectivity index is 0.00000144. The van der Waals surface area contributed by atoms with Gasteiger partial charge in [-0.25, -0.2) is 0 Å². The monoisotopic (exact) mass is 326 g/mol. The third-order valence-electron chi connectivity index (χ3n) is 6.93. The van der Waals surface area contributed by atoms with E-state index in [1.807, 2.05) is 0 Å². The van der Waals surface area contributed by atoms with Crippen molar-refractivity contribution >= 4 is 18.3 Å². The van der Waals surface area contributed by atoms with Gasteiger partial charge in [0.25, 0.3) is 0 Å².